The summed E-state index contributed by atoms with van der Waals surface area (Å²) in [6, 6.07) is 17.6. The van der Waals surface area contributed by atoms with Gasteiger partial charge < -0.3 is 0 Å². The molecule has 0 aliphatic heterocycles. The van der Waals surface area contributed by atoms with Crippen LogP contribution in [0, 0.1) is 0 Å². The number of allylic oxidation sites excluding steroid dienone is 4. The molecule has 0 aromatic heterocycles. The van der Waals surface area contributed by atoms with E-state index in [9.17, 15) is 0 Å². The van der Waals surface area contributed by atoms with E-state index in [1.807, 2.05) is 0 Å². The summed E-state index contributed by atoms with van der Waals surface area (Å²) >= 11 is 0. The summed E-state index contributed by atoms with van der Waals surface area (Å²) in [6.07, 6.45) is 11.5. The van der Waals surface area contributed by atoms with Crippen molar-refractivity contribution < 1.29 is 0 Å². The Hall–Kier alpha value is -2.08. The highest BCUT2D eigenvalue weighted by Crippen LogP contribution is 2.50. The molecule has 0 spiro atoms. The van der Waals surface area contributed by atoms with Gasteiger partial charge >= 0.3 is 0 Å². The highest BCUT2D eigenvalue weighted by molar-refractivity contribution is 5.83. The van der Waals surface area contributed by atoms with Crippen molar-refractivity contribution in [3.63, 3.8) is 0 Å². The van der Waals surface area contributed by atoms with E-state index < -0.39 is 0 Å². The Kier molecular flexibility index (Phi) is 3.79. The monoisotopic (exact) mass is 274 g/mol. The Morgan fingerprint density at radius 1 is 0.714 bits per heavy atom. The van der Waals surface area contributed by atoms with Gasteiger partial charge in [0, 0.05) is 0 Å². The molecule has 0 fully saturated rings. The van der Waals surface area contributed by atoms with E-state index in [4.69, 9.17) is 0 Å². The smallest absolute Gasteiger partial charge is 0.0574 e. The molecule has 0 atom stereocenters. The van der Waals surface area contributed by atoms with E-state index >= 15 is 0 Å². The molecule has 106 valence electrons. The fraction of sp³-hybridized carbons (Fsp3) is 0.238. The van der Waals surface area contributed by atoms with Gasteiger partial charge in [0.25, 0.3) is 0 Å². The van der Waals surface area contributed by atoms with Crippen LogP contribution < -0.4 is 0 Å². The molecule has 1 aliphatic rings. The Morgan fingerprint density at radius 2 is 1.14 bits per heavy atom. The average Bonchev–Trinajstić information content (AvgIpc) is 2.82. The van der Waals surface area contributed by atoms with Crippen LogP contribution in [0.5, 0.6) is 0 Å². The number of fused-ring (bicyclic) bond motifs is 3. The van der Waals surface area contributed by atoms with Crippen molar-refractivity contribution in [3.8, 4) is 11.1 Å². The van der Waals surface area contributed by atoms with Crippen LogP contribution in [0.1, 0.15) is 37.8 Å². The van der Waals surface area contributed by atoms with Crippen LogP contribution in [-0.4, -0.2) is 0 Å². The maximum absolute atomic E-state index is 2.38. The van der Waals surface area contributed by atoms with Crippen molar-refractivity contribution in [1.82, 2.24) is 0 Å². The van der Waals surface area contributed by atoms with E-state index in [0.29, 0.717) is 0 Å². The number of benzene rings is 2. The number of hydrogen-bond donors (Lipinski definition) is 0. The van der Waals surface area contributed by atoms with Crippen molar-refractivity contribution in [2.45, 2.75) is 32.1 Å². The van der Waals surface area contributed by atoms with Crippen molar-refractivity contribution >= 4 is 0 Å². The highest BCUT2D eigenvalue weighted by Gasteiger charge is 2.38. The summed E-state index contributed by atoms with van der Waals surface area (Å²) in [5, 5.41) is 0. The van der Waals surface area contributed by atoms with Gasteiger partial charge in [-0.15, -0.1) is 0 Å². The van der Waals surface area contributed by atoms with Crippen LogP contribution in [0.15, 0.2) is 72.8 Å². The fourth-order valence-electron chi connectivity index (χ4n) is 3.32. The molecule has 2 aromatic carbocycles. The standard InChI is InChI=1S/C21H22/c1-3-5-15-21(16-6-4-2)19-13-9-7-11-17(19)18-12-8-10-14-20(18)21/h5-16H,3-4H2,1-2H3. The summed E-state index contributed by atoms with van der Waals surface area (Å²) in [7, 11) is 0. The molecule has 21 heavy (non-hydrogen) atoms. The van der Waals surface area contributed by atoms with Gasteiger partial charge in [0.1, 0.15) is 0 Å². The zero-order chi connectivity index (χ0) is 14.7. The second-order valence-electron chi connectivity index (χ2n) is 5.58. The molecule has 0 heterocycles. The van der Waals surface area contributed by atoms with E-state index in [1.54, 1.807) is 0 Å². The molecule has 3 rings (SSSR count). The van der Waals surface area contributed by atoms with E-state index in [-0.39, 0.29) is 5.41 Å². The molecule has 0 heteroatoms. The second kappa shape index (κ2) is 5.73. The Morgan fingerprint density at radius 3 is 1.57 bits per heavy atom. The van der Waals surface area contributed by atoms with Gasteiger partial charge in [-0.2, -0.15) is 0 Å². The second-order valence-corrected chi connectivity index (χ2v) is 5.58. The molecule has 0 radical (unpaired) electrons. The predicted molar refractivity (Wildman–Crippen MR) is 91.5 cm³/mol. The van der Waals surface area contributed by atoms with Crippen LogP contribution in [0.4, 0.5) is 0 Å². The molecule has 0 saturated carbocycles. The third-order valence-electron chi connectivity index (χ3n) is 4.27. The van der Waals surface area contributed by atoms with Crippen molar-refractivity contribution in [2.75, 3.05) is 0 Å². The normalized spacial score (nSPS) is 15.5. The Bertz CT molecular complexity index is 627. The van der Waals surface area contributed by atoms with E-state index in [2.05, 4.69) is 86.7 Å². The van der Waals surface area contributed by atoms with Crippen LogP contribution >= 0.6 is 0 Å². The zero-order valence-corrected chi connectivity index (χ0v) is 12.8. The number of hydrogen-bond acceptors (Lipinski definition) is 0. The summed E-state index contributed by atoms with van der Waals surface area (Å²) in [5.74, 6) is 0. The number of rotatable bonds is 4. The molecule has 0 N–H and O–H groups in total. The molecule has 0 amide bonds. The molecular formula is C21H22. The fourth-order valence-corrected chi connectivity index (χ4v) is 3.32. The summed E-state index contributed by atoms with van der Waals surface area (Å²) in [5.41, 5.74) is 5.45. The van der Waals surface area contributed by atoms with E-state index in [1.165, 1.54) is 22.3 Å². The van der Waals surface area contributed by atoms with Gasteiger partial charge in [-0.05, 0) is 35.1 Å². The van der Waals surface area contributed by atoms with Crippen LogP contribution in [0.2, 0.25) is 0 Å². The van der Waals surface area contributed by atoms with Gasteiger partial charge in [-0.25, -0.2) is 0 Å². The predicted octanol–water partition coefficient (Wildman–Crippen LogP) is 5.89. The van der Waals surface area contributed by atoms with Gasteiger partial charge in [-0.3, -0.25) is 0 Å². The first-order valence-electron chi connectivity index (χ1n) is 7.88. The van der Waals surface area contributed by atoms with Gasteiger partial charge in [0.2, 0.25) is 0 Å². The van der Waals surface area contributed by atoms with Crippen molar-refractivity contribution in [1.29, 1.82) is 0 Å². The minimum Gasteiger partial charge on any atom is -0.0873 e. The summed E-state index contributed by atoms with van der Waals surface area (Å²) in [4.78, 5) is 0. The van der Waals surface area contributed by atoms with Crippen molar-refractivity contribution in [3.05, 3.63) is 84.0 Å². The van der Waals surface area contributed by atoms with Gasteiger partial charge in [0.15, 0.2) is 0 Å². The van der Waals surface area contributed by atoms with Gasteiger partial charge in [0.05, 0.1) is 5.41 Å². The third-order valence-corrected chi connectivity index (χ3v) is 4.27. The molecule has 0 nitrogen and oxygen atoms in total. The molecule has 0 bridgehead atoms. The Labute approximate surface area is 127 Å². The van der Waals surface area contributed by atoms with Crippen LogP contribution in [-0.2, 0) is 5.41 Å². The maximum atomic E-state index is 2.38. The molecule has 0 unspecified atom stereocenters. The lowest BCUT2D eigenvalue weighted by Gasteiger charge is -2.25. The highest BCUT2D eigenvalue weighted by atomic mass is 14.4. The maximum Gasteiger partial charge on any atom is 0.0574 e. The van der Waals surface area contributed by atoms with Gasteiger partial charge in [-0.1, -0.05) is 86.7 Å². The lowest BCUT2D eigenvalue weighted by atomic mass is 9.77. The first kappa shape index (κ1) is 13.9. The first-order chi connectivity index (χ1) is 10.3. The third kappa shape index (κ3) is 2.15. The van der Waals surface area contributed by atoms with Crippen molar-refractivity contribution in [2.24, 2.45) is 0 Å². The zero-order valence-electron chi connectivity index (χ0n) is 12.8. The molecular weight excluding hydrogens is 252 g/mol. The lowest BCUT2D eigenvalue weighted by molar-refractivity contribution is 0.832. The molecule has 0 saturated heterocycles. The van der Waals surface area contributed by atoms with Crippen LogP contribution in [0.25, 0.3) is 11.1 Å². The average molecular weight is 274 g/mol. The van der Waals surface area contributed by atoms with E-state index in [0.717, 1.165) is 12.8 Å². The SMILES string of the molecule is CCC=CC1(C=CCC)c2ccccc2-c2ccccc21. The first-order valence-corrected chi connectivity index (χ1v) is 7.88. The summed E-state index contributed by atoms with van der Waals surface area (Å²) < 4.78 is 0. The molecule has 2 aromatic rings. The Balaban J connectivity index is 2.32. The quantitative estimate of drug-likeness (QED) is 0.610. The topological polar surface area (TPSA) is 0 Å². The molecule has 1 aliphatic carbocycles. The minimum atomic E-state index is -0.0980. The largest absolute Gasteiger partial charge is 0.0873 e. The lowest BCUT2D eigenvalue weighted by Crippen LogP contribution is -2.19. The van der Waals surface area contributed by atoms with Crippen LogP contribution in [0.3, 0.4) is 0 Å². The summed E-state index contributed by atoms with van der Waals surface area (Å²) in [6.45, 7) is 4.39. The minimum absolute atomic E-state index is 0.0980.